The maximum Gasteiger partial charge on any atom is 0.231 e. The average molecular weight is 232 g/mol. The number of carbonyl (C=O) groups is 1. The summed E-state index contributed by atoms with van der Waals surface area (Å²) in [7, 11) is 1.87. The summed E-state index contributed by atoms with van der Waals surface area (Å²) in [5, 5.41) is 3.29. The van der Waals surface area contributed by atoms with E-state index in [4.69, 9.17) is 0 Å². The van der Waals surface area contributed by atoms with Gasteiger partial charge in [0.1, 0.15) is 0 Å². The van der Waals surface area contributed by atoms with E-state index in [1.54, 1.807) is 4.90 Å². The van der Waals surface area contributed by atoms with Gasteiger partial charge in [-0.2, -0.15) is 0 Å². The maximum absolute atomic E-state index is 12.3. The van der Waals surface area contributed by atoms with E-state index in [1.165, 1.54) is 5.56 Å². The van der Waals surface area contributed by atoms with E-state index in [9.17, 15) is 4.79 Å². The van der Waals surface area contributed by atoms with Crippen molar-refractivity contribution in [1.82, 2.24) is 5.32 Å². The van der Waals surface area contributed by atoms with Gasteiger partial charge in [0.15, 0.2) is 0 Å². The number of hydrogen-bond donors (Lipinski definition) is 1. The Bertz CT molecular complexity index is 397. The van der Waals surface area contributed by atoms with Crippen LogP contribution in [0.15, 0.2) is 24.3 Å². The van der Waals surface area contributed by atoms with E-state index >= 15 is 0 Å². The summed E-state index contributed by atoms with van der Waals surface area (Å²) in [4.78, 5) is 14.1. The molecule has 3 heteroatoms. The molecular weight excluding hydrogens is 212 g/mol. The predicted octanol–water partition coefficient (Wildman–Crippen LogP) is 1.96. The summed E-state index contributed by atoms with van der Waals surface area (Å²) in [6, 6.07) is 8.08. The van der Waals surface area contributed by atoms with Crippen molar-refractivity contribution >= 4 is 11.6 Å². The minimum Gasteiger partial charge on any atom is -0.316 e. The van der Waals surface area contributed by atoms with Gasteiger partial charge in [0.2, 0.25) is 5.91 Å². The van der Waals surface area contributed by atoms with Crippen molar-refractivity contribution < 1.29 is 4.79 Å². The number of amides is 1. The summed E-state index contributed by atoms with van der Waals surface area (Å²) in [6.07, 6.45) is 2.10. The summed E-state index contributed by atoms with van der Waals surface area (Å²) < 4.78 is 0. The first kappa shape index (κ1) is 12.1. The Morgan fingerprint density at radius 1 is 1.47 bits per heavy atom. The van der Waals surface area contributed by atoms with E-state index in [2.05, 4.69) is 5.32 Å². The summed E-state index contributed by atoms with van der Waals surface area (Å²) in [5.41, 5.74) is 2.17. The number of benzene rings is 1. The zero-order chi connectivity index (χ0) is 12.3. The van der Waals surface area contributed by atoms with Crippen LogP contribution in [-0.2, 0) is 4.79 Å². The number of nitrogens with zero attached hydrogens (tertiary/aromatic N) is 1. The van der Waals surface area contributed by atoms with E-state index in [1.807, 2.05) is 38.2 Å². The first-order valence-electron chi connectivity index (χ1n) is 6.23. The van der Waals surface area contributed by atoms with Crippen LogP contribution < -0.4 is 10.2 Å². The average Bonchev–Trinajstić information content (AvgIpc) is 2.38. The molecule has 1 aliphatic rings. The fraction of sp³-hybridized carbons (Fsp3) is 0.500. The third-order valence-corrected chi connectivity index (χ3v) is 3.37. The molecule has 0 unspecified atom stereocenters. The molecular formula is C14H20N2O. The second-order valence-corrected chi connectivity index (χ2v) is 4.78. The predicted molar refractivity (Wildman–Crippen MR) is 70.2 cm³/mol. The quantitative estimate of drug-likeness (QED) is 0.845. The number of carbonyl (C=O) groups excluding carboxylic acids is 1. The van der Waals surface area contributed by atoms with Gasteiger partial charge >= 0.3 is 0 Å². The topological polar surface area (TPSA) is 32.3 Å². The Kier molecular flexibility index (Phi) is 3.79. The van der Waals surface area contributed by atoms with Crippen molar-refractivity contribution in [3.63, 3.8) is 0 Å². The zero-order valence-corrected chi connectivity index (χ0v) is 10.6. The van der Waals surface area contributed by atoms with E-state index in [-0.39, 0.29) is 11.8 Å². The molecule has 0 spiro atoms. The van der Waals surface area contributed by atoms with Crippen LogP contribution in [0.5, 0.6) is 0 Å². The molecule has 1 amide bonds. The molecule has 1 N–H and O–H groups in total. The van der Waals surface area contributed by atoms with Crippen molar-refractivity contribution in [3.05, 3.63) is 29.8 Å². The number of hydrogen-bond acceptors (Lipinski definition) is 2. The fourth-order valence-corrected chi connectivity index (χ4v) is 2.30. The Hall–Kier alpha value is -1.35. The second kappa shape index (κ2) is 5.32. The lowest BCUT2D eigenvalue weighted by atomic mass is 9.98. The third-order valence-electron chi connectivity index (χ3n) is 3.37. The lowest BCUT2D eigenvalue weighted by molar-refractivity contribution is -0.122. The molecule has 92 valence electrons. The fourth-order valence-electron chi connectivity index (χ4n) is 2.30. The summed E-state index contributed by atoms with van der Waals surface area (Å²) in [5.74, 6) is 0.358. The molecule has 1 saturated heterocycles. The number of anilines is 1. The van der Waals surface area contributed by atoms with Crippen molar-refractivity contribution in [1.29, 1.82) is 0 Å². The van der Waals surface area contributed by atoms with Gasteiger partial charge in [0.05, 0.1) is 5.92 Å². The van der Waals surface area contributed by atoms with Gasteiger partial charge in [-0.15, -0.1) is 0 Å². The molecule has 0 saturated carbocycles. The zero-order valence-electron chi connectivity index (χ0n) is 10.6. The lowest BCUT2D eigenvalue weighted by Crippen LogP contribution is -2.41. The van der Waals surface area contributed by atoms with Crippen LogP contribution in [0.3, 0.4) is 0 Å². The van der Waals surface area contributed by atoms with Crippen LogP contribution in [0.25, 0.3) is 0 Å². The van der Waals surface area contributed by atoms with Crippen molar-refractivity contribution in [2.75, 3.05) is 25.0 Å². The highest BCUT2D eigenvalue weighted by molar-refractivity contribution is 5.94. The molecule has 1 heterocycles. The Balaban J connectivity index is 2.08. The third kappa shape index (κ3) is 2.86. The van der Waals surface area contributed by atoms with Gasteiger partial charge in [-0.25, -0.2) is 0 Å². The number of nitrogens with one attached hydrogen (secondary N) is 1. The van der Waals surface area contributed by atoms with Crippen LogP contribution in [0.4, 0.5) is 5.69 Å². The van der Waals surface area contributed by atoms with Crippen LogP contribution in [0.1, 0.15) is 18.4 Å². The Morgan fingerprint density at radius 2 is 2.29 bits per heavy atom. The van der Waals surface area contributed by atoms with Gasteiger partial charge in [-0.1, -0.05) is 12.1 Å². The summed E-state index contributed by atoms with van der Waals surface area (Å²) in [6.45, 7) is 3.90. The molecule has 1 aromatic carbocycles. The number of piperidine rings is 1. The standard InChI is InChI=1S/C14H20N2O/c1-11-5-3-7-13(9-11)16(2)14(17)12-6-4-8-15-10-12/h3,5,7,9,12,15H,4,6,8,10H2,1-2H3/t12-/m1/s1. The number of aryl methyl sites for hydroxylation is 1. The molecule has 0 aliphatic carbocycles. The maximum atomic E-state index is 12.3. The number of rotatable bonds is 2. The van der Waals surface area contributed by atoms with Crippen LogP contribution in [-0.4, -0.2) is 26.0 Å². The molecule has 0 bridgehead atoms. The van der Waals surface area contributed by atoms with Crippen molar-refractivity contribution in [2.24, 2.45) is 5.92 Å². The second-order valence-electron chi connectivity index (χ2n) is 4.78. The van der Waals surface area contributed by atoms with E-state index < -0.39 is 0 Å². The first-order valence-corrected chi connectivity index (χ1v) is 6.23. The van der Waals surface area contributed by atoms with Crippen LogP contribution in [0.2, 0.25) is 0 Å². The van der Waals surface area contributed by atoms with Gasteiger partial charge in [0, 0.05) is 19.3 Å². The smallest absolute Gasteiger partial charge is 0.231 e. The normalized spacial score (nSPS) is 20.0. The largest absolute Gasteiger partial charge is 0.316 e. The Labute approximate surface area is 103 Å². The van der Waals surface area contributed by atoms with Crippen molar-refractivity contribution in [2.45, 2.75) is 19.8 Å². The SMILES string of the molecule is Cc1cccc(N(C)C(=O)[C@@H]2CCCNC2)c1. The van der Waals surface area contributed by atoms with Crippen LogP contribution >= 0.6 is 0 Å². The first-order chi connectivity index (χ1) is 8.18. The Morgan fingerprint density at radius 3 is 2.94 bits per heavy atom. The highest BCUT2D eigenvalue weighted by Gasteiger charge is 2.24. The van der Waals surface area contributed by atoms with E-state index in [0.29, 0.717) is 0 Å². The molecule has 2 rings (SSSR count). The molecule has 3 nitrogen and oxygen atoms in total. The van der Waals surface area contributed by atoms with Gasteiger partial charge in [-0.05, 0) is 44.0 Å². The molecule has 1 fully saturated rings. The lowest BCUT2D eigenvalue weighted by Gasteiger charge is -2.27. The molecule has 0 aromatic heterocycles. The monoisotopic (exact) mass is 232 g/mol. The molecule has 1 aromatic rings. The van der Waals surface area contributed by atoms with E-state index in [0.717, 1.165) is 31.6 Å². The highest BCUT2D eigenvalue weighted by atomic mass is 16.2. The van der Waals surface area contributed by atoms with Crippen molar-refractivity contribution in [3.8, 4) is 0 Å². The molecule has 0 radical (unpaired) electrons. The van der Waals surface area contributed by atoms with Gasteiger partial charge in [0.25, 0.3) is 0 Å². The van der Waals surface area contributed by atoms with Gasteiger partial charge in [-0.3, -0.25) is 4.79 Å². The minimum absolute atomic E-state index is 0.134. The summed E-state index contributed by atoms with van der Waals surface area (Å²) >= 11 is 0. The highest BCUT2D eigenvalue weighted by Crippen LogP contribution is 2.19. The van der Waals surface area contributed by atoms with Gasteiger partial charge < -0.3 is 10.2 Å². The molecule has 1 aliphatic heterocycles. The van der Waals surface area contributed by atoms with Crippen LogP contribution in [0, 0.1) is 12.8 Å². The molecule has 1 atom stereocenters. The minimum atomic E-state index is 0.134. The molecule has 17 heavy (non-hydrogen) atoms.